The fraction of sp³-hybridized carbons (Fsp3) is 0.729. The molecular weight excluding hydrogens is 1000 g/mol. The van der Waals surface area contributed by atoms with Crippen LogP contribution in [-0.2, 0) is 63.7 Å². The highest BCUT2D eigenvalue weighted by Crippen LogP contribution is 2.59. The largest absolute Gasteiger partial charge is 0.460 e. The van der Waals surface area contributed by atoms with Crippen molar-refractivity contribution in [3.05, 3.63) is 47.5 Å². The number of esters is 1. The van der Waals surface area contributed by atoms with Crippen LogP contribution in [0.4, 0.5) is 0 Å². The summed E-state index contributed by atoms with van der Waals surface area (Å²) in [7, 11) is 1.60. The first-order chi connectivity index (χ1) is 36.5. The summed E-state index contributed by atoms with van der Waals surface area (Å²) in [6, 6.07) is 6.72. The number of hydrogen-bond acceptors (Lipinski definition) is 13. The van der Waals surface area contributed by atoms with Crippen LogP contribution in [0.1, 0.15) is 147 Å². The van der Waals surface area contributed by atoms with E-state index in [1.54, 1.807) is 45.2 Å². The van der Waals surface area contributed by atoms with Crippen LogP contribution in [0.15, 0.2) is 42.0 Å². The average molecular weight is 1100 g/mol. The summed E-state index contributed by atoms with van der Waals surface area (Å²) >= 11 is 0. The number of epoxide rings is 2. The van der Waals surface area contributed by atoms with Crippen molar-refractivity contribution < 1.29 is 62.4 Å². The molecule has 4 rings (SSSR count). The Kier molecular flexibility index (Phi) is 24.1. The van der Waals surface area contributed by atoms with Crippen LogP contribution in [0.2, 0.25) is 0 Å². The Morgan fingerprint density at radius 3 is 2.05 bits per heavy atom. The summed E-state index contributed by atoms with van der Waals surface area (Å²) in [5.74, 6) is -5.12. The molecule has 2 heterocycles. The van der Waals surface area contributed by atoms with Crippen LogP contribution < -0.4 is 31.9 Å². The Labute approximate surface area is 463 Å². The van der Waals surface area contributed by atoms with Crippen LogP contribution in [0.3, 0.4) is 0 Å². The molecule has 438 valence electrons. The first-order valence-corrected chi connectivity index (χ1v) is 28.1. The van der Waals surface area contributed by atoms with E-state index in [1.165, 1.54) is 12.5 Å². The molecule has 6 amide bonds. The van der Waals surface area contributed by atoms with E-state index in [0.29, 0.717) is 25.9 Å². The third-order valence-corrected chi connectivity index (χ3v) is 15.9. The van der Waals surface area contributed by atoms with Gasteiger partial charge in [0.15, 0.2) is 0 Å². The van der Waals surface area contributed by atoms with Crippen molar-refractivity contribution in [1.82, 2.24) is 31.9 Å². The van der Waals surface area contributed by atoms with Crippen molar-refractivity contribution in [2.24, 2.45) is 40.4 Å². The molecule has 78 heavy (non-hydrogen) atoms. The molecular formula is C59H94N6O13. The number of benzene rings is 1. The molecule has 1 saturated carbocycles. The van der Waals surface area contributed by atoms with E-state index in [9.17, 15) is 43.5 Å². The molecule has 19 nitrogen and oxygen atoms in total. The van der Waals surface area contributed by atoms with Crippen molar-refractivity contribution >= 4 is 47.2 Å². The third kappa shape index (κ3) is 18.7. The van der Waals surface area contributed by atoms with Crippen LogP contribution >= 0.6 is 0 Å². The van der Waals surface area contributed by atoms with Gasteiger partial charge in [0.25, 0.3) is 0 Å². The van der Waals surface area contributed by atoms with Gasteiger partial charge in [0, 0.05) is 43.4 Å². The number of Topliss-reactive ketones (excluding diaryl/α,β-unsaturated/α-hetero) is 1. The highest BCUT2D eigenvalue weighted by Gasteiger charge is 2.72. The van der Waals surface area contributed by atoms with Crippen molar-refractivity contribution in [2.45, 2.75) is 195 Å². The molecule has 1 aromatic carbocycles. The SMILES string of the molecule is COC1C(OC(=O)C[C@H](CCNC(=O)CNC(=O)[C@H](CC(C)C)NC(=O)[C@H](Cc2ccccc2)NC(=O)CNC(=O)C(C)(CC(C)(CC(C)C)C(=O)NCC(C)O)C(C)C)C(C)=O)CC[C@]2(CO2)C1[C@]1(C)O[C@@H]1CC=C(C)C. The van der Waals surface area contributed by atoms with Crippen molar-refractivity contribution in [1.29, 1.82) is 0 Å². The summed E-state index contributed by atoms with van der Waals surface area (Å²) in [5, 5.41) is 26.3. The molecule has 7 N–H and O–H groups in total. The molecule has 2 aliphatic heterocycles. The normalized spacial score (nSPS) is 24.5. The first-order valence-electron chi connectivity index (χ1n) is 28.1. The van der Waals surface area contributed by atoms with E-state index in [0.717, 1.165) is 12.0 Å². The molecule has 2 saturated heterocycles. The lowest BCUT2D eigenvalue weighted by Crippen LogP contribution is -2.56. The minimum Gasteiger partial charge on any atom is -0.460 e. The molecule has 0 bridgehead atoms. The van der Waals surface area contributed by atoms with Crippen LogP contribution in [0, 0.1) is 40.4 Å². The van der Waals surface area contributed by atoms with Crippen molar-refractivity contribution in [3.8, 4) is 0 Å². The van der Waals surface area contributed by atoms with E-state index in [1.807, 2.05) is 68.4 Å². The minimum absolute atomic E-state index is 0.0117. The lowest BCUT2D eigenvalue weighted by molar-refractivity contribution is -0.173. The molecule has 1 spiro atoms. The summed E-state index contributed by atoms with van der Waals surface area (Å²) in [6.45, 7) is 23.9. The van der Waals surface area contributed by atoms with Gasteiger partial charge in [-0.05, 0) is 103 Å². The molecule has 0 aromatic heterocycles. The number of ketones is 1. The summed E-state index contributed by atoms with van der Waals surface area (Å²) < 4.78 is 24.4. The number of aliphatic hydroxyl groups excluding tert-OH is 1. The molecule has 3 aliphatic rings. The maximum Gasteiger partial charge on any atom is 0.306 e. The number of carbonyl (C=O) groups excluding carboxylic acids is 8. The van der Waals surface area contributed by atoms with E-state index >= 15 is 0 Å². The van der Waals surface area contributed by atoms with Gasteiger partial charge in [-0.15, -0.1) is 0 Å². The lowest BCUT2D eigenvalue weighted by atomic mass is 9.64. The Morgan fingerprint density at radius 1 is 0.833 bits per heavy atom. The van der Waals surface area contributed by atoms with Gasteiger partial charge in [-0.25, -0.2) is 0 Å². The molecule has 3 fully saturated rings. The number of nitrogens with one attached hydrogen (secondary N) is 6. The predicted molar refractivity (Wildman–Crippen MR) is 295 cm³/mol. The topological polar surface area (TPSA) is 272 Å². The summed E-state index contributed by atoms with van der Waals surface area (Å²) in [4.78, 5) is 108. The zero-order valence-electron chi connectivity index (χ0n) is 49.1. The molecule has 0 radical (unpaired) electrons. The number of amides is 6. The second-order valence-electron chi connectivity index (χ2n) is 24.4. The zero-order valence-corrected chi connectivity index (χ0v) is 49.1. The van der Waals surface area contributed by atoms with Gasteiger partial charge >= 0.3 is 5.97 Å². The second kappa shape index (κ2) is 28.8. The van der Waals surface area contributed by atoms with E-state index in [2.05, 4.69) is 44.9 Å². The standard InChI is InChI=1S/C59H94N6O13/c1-35(2)20-21-46-58(13,78-46)51-50(75-14)45(22-24-59(51)34-76-59)77-49(70)28-42(40(10)67)23-25-60-47(68)31-61-52(71)43(26-36(3)4)65-53(72)44(27-41-18-16-15-17-19-41)64-48(69)32-63-55(74)57(12,38(7)8)33-56(11,29-37(5)6)54(73)62-30-39(9)66/h15-20,36-39,42-46,50-51,66H,21-34H2,1-14H3,(H,60,68)(H,61,71)(H,62,73)(H,63,74)(H,64,69)(H,65,72)/t39?,42-,43-,44-,45?,46+,50?,51?,56?,57?,58+,59-/m0/s1. The molecule has 1 aromatic rings. The highest BCUT2D eigenvalue weighted by atomic mass is 16.6. The molecule has 1 aliphatic carbocycles. The Balaban J connectivity index is 1.33. The fourth-order valence-corrected chi connectivity index (χ4v) is 11.3. The first kappa shape index (κ1) is 65.3. The van der Waals surface area contributed by atoms with Crippen LogP contribution in [0.5, 0.6) is 0 Å². The van der Waals surface area contributed by atoms with Gasteiger partial charge < -0.3 is 56.0 Å². The maximum absolute atomic E-state index is 14.1. The monoisotopic (exact) mass is 1090 g/mol. The lowest BCUT2D eigenvalue weighted by Gasteiger charge is -2.42. The number of hydrogen-bond donors (Lipinski definition) is 7. The number of methoxy groups -OCH3 is 1. The molecule has 6 unspecified atom stereocenters. The molecule has 19 heteroatoms. The summed E-state index contributed by atoms with van der Waals surface area (Å²) in [6.07, 6.45) is 3.15. The van der Waals surface area contributed by atoms with E-state index in [-0.39, 0.29) is 86.7 Å². The van der Waals surface area contributed by atoms with Crippen LogP contribution in [-0.4, -0.2) is 140 Å². The van der Waals surface area contributed by atoms with E-state index in [4.69, 9.17) is 18.9 Å². The third-order valence-electron chi connectivity index (χ3n) is 15.9. The van der Waals surface area contributed by atoms with Crippen molar-refractivity contribution in [3.63, 3.8) is 0 Å². The highest BCUT2D eigenvalue weighted by molar-refractivity contribution is 5.95. The Bertz CT molecular complexity index is 2260. The molecule has 12 atom stereocenters. The Morgan fingerprint density at radius 2 is 1.49 bits per heavy atom. The smallest absolute Gasteiger partial charge is 0.306 e. The minimum atomic E-state index is -1.17. The van der Waals surface area contributed by atoms with Gasteiger partial charge in [-0.3, -0.25) is 38.4 Å². The van der Waals surface area contributed by atoms with Gasteiger partial charge in [-0.2, -0.15) is 0 Å². The van der Waals surface area contributed by atoms with Gasteiger partial charge in [0.05, 0.1) is 44.2 Å². The van der Waals surface area contributed by atoms with Gasteiger partial charge in [-0.1, -0.05) is 97.4 Å². The van der Waals surface area contributed by atoms with Crippen molar-refractivity contribution in [2.75, 3.05) is 39.9 Å². The van der Waals surface area contributed by atoms with Crippen LogP contribution in [0.25, 0.3) is 0 Å². The van der Waals surface area contributed by atoms with E-state index < -0.39 is 107 Å². The predicted octanol–water partition coefficient (Wildman–Crippen LogP) is 4.80. The Hall–Kier alpha value is -5.24. The zero-order chi connectivity index (χ0) is 58.3. The number of carbonyl (C=O) groups is 8. The average Bonchev–Trinajstić information content (AvgIpc) is 4.28. The van der Waals surface area contributed by atoms with Gasteiger partial charge in [0.1, 0.15) is 41.3 Å². The maximum atomic E-state index is 14.1. The summed E-state index contributed by atoms with van der Waals surface area (Å²) in [5.41, 5.74) is -1.05. The number of allylic oxidation sites excluding steroid dienone is 1. The number of ether oxygens (including phenoxy) is 4. The quantitative estimate of drug-likeness (QED) is 0.0291. The number of aliphatic hydroxyl groups is 1. The number of rotatable bonds is 32. The second-order valence-corrected chi connectivity index (χ2v) is 24.4. The fourth-order valence-electron chi connectivity index (χ4n) is 11.3. The van der Waals surface area contributed by atoms with Gasteiger partial charge in [0.2, 0.25) is 35.4 Å².